The van der Waals surface area contributed by atoms with Crippen LogP contribution in [0.3, 0.4) is 0 Å². The van der Waals surface area contributed by atoms with Crippen LogP contribution < -0.4 is 9.64 Å². The summed E-state index contributed by atoms with van der Waals surface area (Å²) in [6.45, 7) is 0.203. The first kappa shape index (κ1) is 16.6. The molecule has 134 valence electrons. The normalized spacial score (nSPS) is 16.8. The van der Waals surface area contributed by atoms with Crippen LogP contribution in [0.5, 0.6) is 11.5 Å². The Hall–Kier alpha value is -2.87. The molecule has 1 aliphatic heterocycles. The average molecular weight is 379 g/mol. The predicted octanol–water partition coefficient (Wildman–Crippen LogP) is 3.66. The molecule has 1 fully saturated rings. The number of aromatic hydroxyl groups is 1. The summed E-state index contributed by atoms with van der Waals surface area (Å²) in [6.07, 6.45) is 1.51. The number of carbonyl (C=O) groups excluding carboxylic acids is 1. The third-order valence-electron chi connectivity index (χ3n) is 4.52. The number of amides is 1. The maximum atomic E-state index is 13.7. The van der Waals surface area contributed by atoms with E-state index in [1.807, 2.05) is 0 Å². The molecule has 1 aliphatic carbocycles. The van der Waals surface area contributed by atoms with Crippen molar-refractivity contribution in [2.75, 3.05) is 11.4 Å². The second-order valence-corrected chi connectivity index (χ2v) is 6.78. The molecule has 2 aromatic rings. The minimum Gasteiger partial charge on any atom is -0.501 e. The molecule has 9 heteroatoms. The Morgan fingerprint density at radius 2 is 2.08 bits per heavy atom. The zero-order chi connectivity index (χ0) is 18.6. The molecule has 0 atom stereocenters. The molecule has 0 aromatic heterocycles. The van der Waals surface area contributed by atoms with Crippen LogP contribution in [0.15, 0.2) is 30.3 Å². The van der Waals surface area contributed by atoms with Gasteiger partial charge in [0.25, 0.3) is 5.91 Å². The van der Waals surface area contributed by atoms with Gasteiger partial charge in [0.1, 0.15) is 17.2 Å². The second kappa shape index (κ2) is 5.57. The Bertz CT molecular complexity index is 960. The number of benzene rings is 2. The number of rotatable bonds is 2. The Labute approximate surface area is 151 Å². The van der Waals surface area contributed by atoms with E-state index in [9.17, 15) is 24.4 Å². The van der Waals surface area contributed by atoms with E-state index >= 15 is 0 Å². The predicted molar refractivity (Wildman–Crippen MR) is 90.4 cm³/mol. The Kier molecular flexibility index (Phi) is 3.55. The molecule has 2 aromatic carbocycles. The molecule has 2 aliphatic rings. The number of hydrogen-bond acceptors (Lipinski definition) is 5. The van der Waals surface area contributed by atoms with E-state index < -0.39 is 33.7 Å². The standard InChI is InChI=1S/C17H12ClFN2O5/c18-11-5-9(6-13(15(11)22)21(24)25)16(23)20-8-17(3-4-17)26-14-2-1-10(19)7-12(14)20/h1-2,5-7,22H,3-4,8H2. The molecule has 0 bridgehead atoms. The van der Waals surface area contributed by atoms with Crippen LogP contribution in [0.2, 0.25) is 5.02 Å². The van der Waals surface area contributed by atoms with Gasteiger partial charge in [0, 0.05) is 17.7 Å². The highest BCUT2D eigenvalue weighted by atomic mass is 35.5. The highest BCUT2D eigenvalue weighted by Gasteiger charge is 2.51. The van der Waals surface area contributed by atoms with Crippen molar-refractivity contribution < 1.29 is 24.0 Å². The van der Waals surface area contributed by atoms with Crippen molar-refractivity contribution in [3.05, 3.63) is 56.8 Å². The third-order valence-corrected chi connectivity index (χ3v) is 4.81. The number of nitro groups is 1. The van der Waals surface area contributed by atoms with Crippen LogP contribution in [0.1, 0.15) is 23.2 Å². The Morgan fingerprint density at radius 1 is 1.35 bits per heavy atom. The lowest BCUT2D eigenvalue weighted by molar-refractivity contribution is -0.385. The minimum atomic E-state index is -0.826. The van der Waals surface area contributed by atoms with Gasteiger partial charge in [-0.25, -0.2) is 4.39 Å². The minimum absolute atomic E-state index is 0.0765. The summed E-state index contributed by atoms with van der Waals surface area (Å²) in [6, 6.07) is 5.98. The molecule has 0 radical (unpaired) electrons. The van der Waals surface area contributed by atoms with E-state index in [-0.39, 0.29) is 22.8 Å². The fraction of sp³-hybridized carbons (Fsp3) is 0.235. The van der Waals surface area contributed by atoms with E-state index in [2.05, 4.69) is 0 Å². The maximum Gasteiger partial charge on any atom is 0.313 e. The SMILES string of the molecule is O=C(c1cc(Cl)c(O)c([N+](=O)[O-])c1)N1CC2(CC2)Oc2ccc(F)cc21. The lowest BCUT2D eigenvalue weighted by atomic mass is 10.1. The van der Waals surface area contributed by atoms with Gasteiger partial charge < -0.3 is 14.7 Å². The number of ether oxygens (including phenoxy) is 1. The van der Waals surface area contributed by atoms with Crippen molar-refractivity contribution >= 4 is 28.9 Å². The molecule has 4 rings (SSSR count). The van der Waals surface area contributed by atoms with E-state index in [0.717, 1.165) is 25.0 Å². The first-order valence-electron chi connectivity index (χ1n) is 7.77. The highest BCUT2D eigenvalue weighted by molar-refractivity contribution is 6.33. The number of nitro benzene ring substituents is 1. The number of hydrogen-bond donors (Lipinski definition) is 1. The topological polar surface area (TPSA) is 92.9 Å². The smallest absolute Gasteiger partial charge is 0.313 e. The Balaban J connectivity index is 1.79. The van der Waals surface area contributed by atoms with Crippen LogP contribution in [0.25, 0.3) is 0 Å². The Morgan fingerprint density at radius 3 is 2.73 bits per heavy atom. The zero-order valence-electron chi connectivity index (χ0n) is 13.2. The van der Waals surface area contributed by atoms with Crippen molar-refractivity contribution in [2.45, 2.75) is 18.4 Å². The van der Waals surface area contributed by atoms with Crippen LogP contribution >= 0.6 is 11.6 Å². The van der Waals surface area contributed by atoms with E-state index in [4.69, 9.17) is 16.3 Å². The second-order valence-electron chi connectivity index (χ2n) is 6.37. The van der Waals surface area contributed by atoms with Gasteiger partial charge in [0.05, 0.1) is 22.2 Å². The number of anilines is 1. The average Bonchev–Trinajstić information content (AvgIpc) is 3.34. The largest absolute Gasteiger partial charge is 0.501 e. The van der Waals surface area contributed by atoms with Gasteiger partial charge in [0.2, 0.25) is 5.75 Å². The van der Waals surface area contributed by atoms with Crippen molar-refractivity contribution in [1.82, 2.24) is 0 Å². The van der Waals surface area contributed by atoms with Gasteiger partial charge >= 0.3 is 5.69 Å². The van der Waals surface area contributed by atoms with Crippen LogP contribution in [0, 0.1) is 15.9 Å². The number of carbonyl (C=O) groups is 1. The lowest BCUT2D eigenvalue weighted by Gasteiger charge is -2.35. The van der Waals surface area contributed by atoms with E-state index in [0.29, 0.717) is 5.75 Å². The van der Waals surface area contributed by atoms with Gasteiger partial charge in [-0.05, 0) is 31.0 Å². The van der Waals surface area contributed by atoms with Crippen LogP contribution in [-0.2, 0) is 0 Å². The fourth-order valence-electron chi connectivity index (χ4n) is 3.01. The number of phenolic OH excluding ortho intramolecular Hbond substituents is 1. The number of nitrogens with zero attached hydrogens (tertiary/aromatic N) is 2. The van der Waals surface area contributed by atoms with Gasteiger partial charge in [-0.3, -0.25) is 14.9 Å². The highest BCUT2D eigenvalue weighted by Crippen LogP contribution is 2.49. The van der Waals surface area contributed by atoms with Gasteiger partial charge in [-0.15, -0.1) is 0 Å². The molecule has 1 heterocycles. The molecule has 7 nitrogen and oxygen atoms in total. The summed E-state index contributed by atoms with van der Waals surface area (Å²) in [5.74, 6) is -1.45. The van der Waals surface area contributed by atoms with Gasteiger partial charge in [-0.1, -0.05) is 11.6 Å². The summed E-state index contributed by atoms with van der Waals surface area (Å²) in [5.41, 5.74) is -1.01. The van der Waals surface area contributed by atoms with Crippen molar-refractivity contribution in [3.63, 3.8) is 0 Å². The summed E-state index contributed by atoms with van der Waals surface area (Å²) in [5, 5.41) is 20.5. The summed E-state index contributed by atoms with van der Waals surface area (Å²) < 4.78 is 19.6. The van der Waals surface area contributed by atoms with Crippen LogP contribution in [0.4, 0.5) is 15.8 Å². The van der Waals surface area contributed by atoms with Crippen molar-refractivity contribution in [1.29, 1.82) is 0 Å². The molecule has 1 amide bonds. The zero-order valence-corrected chi connectivity index (χ0v) is 14.0. The fourth-order valence-corrected chi connectivity index (χ4v) is 3.22. The molecule has 26 heavy (non-hydrogen) atoms. The van der Waals surface area contributed by atoms with Crippen molar-refractivity contribution in [3.8, 4) is 11.5 Å². The maximum absolute atomic E-state index is 13.7. The number of fused-ring (bicyclic) bond motifs is 1. The number of halogens is 2. The summed E-state index contributed by atoms with van der Waals surface area (Å²) in [4.78, 5) is 24.6. The molecule has 0 unspecified atom stereocenters. The lowest BCUT2D eigenvalue weighted by Crippen LogP contribution is -2.45. The quantitative estimate of drug-likeness (QED) is 0.635. The molecule has 1 N–H and O–H groups in total. The molecular weight excluding hydrogens is 367 g/mol. The van der Waals surface area contributed by atoms with E-state index in [1.54, 1.807) is 0 Å². The van der Waals surface area contributed by atoms with Crippen molar-refractivity contribution in [2.24, 2.45) is 0 Å². The summed E-state index contributed by atoms with van der Waals surface area (Å²) in [7, 11) is 0. The molecule has 0 saturated heterocycles. The first-order chi connectivity index (χ1) is 12.3. The third kappa shape index (κ3) is 2.62. The molecule has 1 saturated carbocycles. The van der Waals surface area contributed by atoms with Crippen LogP contribution in [-0.4, -0.2) is 28.1 Å². The van der Waals surface area contributed by atoms with E-state index in [1.165, 1.54) is 23.1 Å². The van der Waals surface area contributed by atoms with Gasteiger partial charge in [-0.2, -0.15) is 0 Å². The molecular formula is C17H12ClFN2O5. The molecule has 1 spiro atoms. The first-order valence-corrected chi connectivity index (χ1v) is 8.15. The number of phenols is 1. The van der Waals surface area contributed by atoms with Gasteiger partial charge in [0.15, 0.2) is 0 Å². The monoisotopic (exact) mass is 378 g/mol. The summed E-state index contributed by atoms with van der Waals surface area (Å²) >= 11 is 5.83.